The van der Waals surface area contributed by atoms with E-state index >= 15 is 0 Å². The number of carbonyl (C=O) groups excluding carboxylic acids is 2. The first kappa shape index (κ1) is 16.5. The van der Waals surface area contributed by atoms with Crippen molar-refractivity contribution in [3.63, 3.8) is 0 Å². The maximum Gasteiger partial charge on any atom is 0.321 e. The number of nitrogens with one attached hydrogen (secondary N) is 2. The number of nitrogens with zero attached hydrogens (tertiary/aromatic N) is 1. The van der Waals surface area contributed by atoms with E-state index in [0.29, 0.717) is 13.1 Å². The normalized spacial score (nSPS) is 17.4. The van der Waals surface area contributed by atoms with Gasteiger partial charge in [0.15, 0.2) is 0 Å². The highest BCUT2D eigenvalue weighted by Gasteiger charge is 2.27. The zero-order valence-electron chi connectivity index (χ0n) is 13.6. The summed E-state index contributed by atoms with van der Waals surface area (Å²) in [7, 11) is 1.64. The molecular weight excluding hydrogens is 322 g/mol. The summed E-state index contributed by atoms with van der Waals surface area (Å²) in [6, 6.07) is 11.8. The first-order valence-corrected chi connectivity index (χ1v) is 8.97. The fraction of sp³-hybridized carbons (Fsp3) is 0.333. The second kappa shape index (κ2) is 7.49. The highest BCUT2D eigenvalue weighted by atomic mass is 32.1. The van der Waals surface area contributed by atoms with Crippen molar-refractivity contribution >= 4 is 29.0 Å². The van der Waals surface area contributed by atoms with Gasteiger partial charge in [0.25, 0.3) is 0 Å². The topological polar surface area (TPSA) is 61.4 Å². The van der Waals surface area contributed by atoms with Gasteiger partial charge in [0.05, 0.1) is 5.92 Å². The molecule has 2 N–H and O–H groups in total. The largest absolute Gasteiger partial charge is 0.359 e. The number of amides is 3. The van der Waals surface area contributed by atoms with Gasteiger partial charge in [-0.1, -0.05) is 18.2 Å². The molecule has 1 aromatic heterocycles. The fourth-order valence-electron chi connectivity index (χ4n) is 2.98. The third kappa shape index (κ3) is 3.76. The Morgan fingerprint density at radius 1 is 1.25 bits per heavy atom. The van der Waals surface area contributed by atoms with Crippen molar-refractivity contribution in [1.82, 2.24) is 10.2 Å². The highest BCUT2D eigenvalue weighted by Crippen LogP contribution is 2.27. The molecule has 1 saturated heterocycles. The van der Waals surface area contributed by atoms with Crippen molar-refractivity contribution in [1.29, 1.82) is 0 Å². The number of urea groups is 1. The molecule has 1 aliphatic heterocycles. The molecule has 24 heavy (non-hydrogen) atoms. The predicted molar refractivity (Wildman–Crippen MR) is 97.1 cm³/mol. The average Bonchev–Trinajstić information content (AvgIpc) is 3.16. The summed E-state index contributed by atoms with van der Waals surface area (Å²) in [6.45, 7) is 1.15. The minimum Gasteiger partial charge on any atom is -0.359 e. The van der Waals surface area contributed by atoms with Crippen LogP contribution in [0.15, 0.2) is 41.8 Å². The number of thiophene rings is 1. The molecule has 0 radical (unpaired) electrons. The van der Waals surface area contributed by atoms with Crippen LogP contribution in [-0.4, -0.2) is 37.0 Å². The maximum atomic E-state index is 12.5. The number of benzene rings is 1. The number of hydrogen-bond acceptors (Lipinski definition) is 3. The smallest absolute Gasteiger partial charge is 0.321 e. The van der Waals surface area contributed by atoms with Crippen molar-refractivity contribution in [2.24, 2.45) is 5.92 Å². The van der Waals surface area contributed by atoms with Crippen LogP contribution in [0.4, 0.5) is 10.5 Å². The van der Waals surface area contributed by atoms with Gasteiger partial charge in [0.1, 0.15) is 0 Å². The van der Waals surface area contributed by atoms with E-state index in [4.69, 9.17) is 0 Å². The van der Waals surface area contributed by atoms with Crippen LogP contribution in [0.1, 0.15) is 12.8 Å². The van der Waals surface area contributed by atoms with E-state index in [1.807, 2.05) is 35.7 Å². The fourth-order valence-corrected chi connectivity index (χ4v) is 3.70. The second-order valence-corrected chi connectivity index (χ2v) is 6.84. The van der Waals surface area contributed by atoms with Gasteiger partial charge in [-0.25, -0.2) is 4.79 Å². The molecule has 126 valence electrons. The molecule has 5 nitrogen and oxygen atoms in total. The molecule has 0 saturated carbocycles. The van der Waals surface area contributed by atoms with Gasteiger partial charge in [-0.2, -0.15) is 0 Å². The summed E-state index contributed by atoms with van der Waals surface area (Å²) in [6.07, 6.45) is 1.68. The first-order chi connectivity index (χ1) is 11.7. The molecule has 1 aliphatic rings. The Morgan fingerprint density at radius 2 is 2.12 bits per heavy atom. The van der Waals surface area contributed by atoms with Crippen LogP contribution in [-0.2, 0) is 4.79 Å². The van der Waals surface area contributed by atoms with E-state index in [9.17, 15) is 9.59 Å². The van der Waals surface area contributed by atoms with Crippen LogP contribution in [0.2, 0.25) is 0 Å². The molecule has 1 fully saturated rings. The molecule has 3 amide bonds. The summed E-state index contributed by atoms with van der Waals surface area (Å²) in [5.41, 5.74) is 1.86. The molecule has 2 aromatic rings. The van der Waals surface area contributed by atoms with Crippen LogP contribution in [0.5, 0.6) is 0 Å². The Hall–Kier alpha value is -2.34. The van der Waals surface area contributed by atoms with E-state index in [1.54, 1.807) is 23.3 Å². The lowest BCUT2D eigenvalue weighted by atomic mass is 9.97. The van der Waals surface area contributed by atoms with Gasteiger partial charge in [0, 0.05) is 30.7 Å². The zero-order valence-corrected chi connectivity index (χ0v) is 14.4. The minimum atomic E-state index is -0.146. The molecule has 3 rings (SSSR count). The van der Waals surface area contributed by atoms with Crippen LogP contribution in [0.3, 0.4) is 0 Å². The van der Waals surface area contributed by atoms with Crippen LogP contribution in [0.25, 0.3) is 10.4 Å². The standard InChI is InChI=1S/C18H21N3O2S/c1-19-17(22)14-6-3-9-21(12-14)18(23)20-15-7-2-5-13(11-15)16-8-4-10-24-16/h2,4-5,7-8,10-11,14H,3,6,9,12H2,1H3,(H,19,22)(H,20,23)/t14-/m1/s1. The molecule has 0 aliphatic carbocycles. The second-order valence-electron chi connectivity index (χ2n) is 5.89. The van der Waals surface area contributed by atoms with Crippen molar-refractivity contribution in [2.45, 2.75) is 12.8 Å². The lowest BCUT2D eigenvalue weighted by Gasteiger charge is -2.31. The molecule has 0 bridgehead atoms. The van der Waals surface area contributed by atoms with Gasteiger partial charge in [0.2, 0.25) is 5.91 Å². The summed E-state index contributed by atoms with van der Waals surface area (Å²) in [4.78, 5) is 27.2. The van der Waals surface area contributed by atoms with E-state index in [1.165, 1.54) is 4.88 Å². The Morgan fingerprint density at radius 3 is 2.88 bits per heavy atom. The van der Waals surface area contributed by atoms with E-state index in [2.05, 4.69) is 16.7 Å². The summed E-state index contributed by atoms with van der Waals surface area (Å²) >= 11 is 1.67. The minimum absolute atomic E-state index is 0.00666. The third-order valence-electron chi connectivity index (χ3n) is 4.25. The zero-order chi connectivity index (χ0) is 16.9. The number of rotatable bonds is 3. The lowest BCUT2D eigenvalue weighted by molar-refractivity contribution is -0.125. The monoisotopic (exact) mass is 343 g/mol. The van der Waals surface area contributed by atoms with Gasteiger partial charge in [-0.15, -0.1) is 11.3 Å². The average molecular weight is 343 g/mol. The molecule has 0 spiro atoms. The Kier molecular flexibility index (Phi) is 5.15. The van der Waals surface area contributed by atoms with Gasteiger partial charge >= 0.3 is 6.03 Å². The van der Waals surface area contributed by atoms with E-state index < -0.39 is 0 Å². The summed E-state index contributed by atoms with van der Waals surface area (Å²) in [5.74, 6) is -0.112. The molecule has 6 heteroatoms. The molecule has 1 atom stereocenters. The number of anilines is 1. The first-order valence-electron chi connectivity index (χ1n) is 8.09. The van der Waals surface area contributed by atoms with Crippen molar-refractivity contribution < 1.29 is 9.59 Å². The van der Waals surface area contributed by atoms with E-state index in [0.717, 1.165) is 24.1 Å². The summed E-state index contributed by atoms with van der Waals surface area (Å²) < 4.78 is 0. The van der Waals surface area contributed by atoms with Gasteiger partial charge < -0.3 is 15.5 Å². The van der Waals surface area contributed by atoms with Crippen molar-refractivity contribution in [3.8, 4) is 10.4 Å². The van der Waals surface area contributed by atoms with E-state index in [-0.39, 0.29) is 17.9 Å². The molecule has 0 unspecified atom stereocenters. The number of piperidine rings is 1. The Balaban J connectivity index is 1.66. The number of hydrogen-bond donors (Lipinski definition) is 2. The molecular formula is C18H21N3O2S. The van der Waals surface area contributed by atoms with Crippen LogP contribution >= 0.6 is 11.3 Å². The van der Waals surface area contributed by atoms with Gasteiger partial charge in [-0.3, -0.25) is 4.79 Å². The quantitative estimate of drug-likeness (QED) is 0.897. The number of carbonyl (C=O) groups is 2. The lowest BCUT2D eigenvalue weighted by Crippen LogP contribution is -2.46. The maximum absolute atomic E-state index is 12.5. The van der Waals surface area contributed by atoms with Crippen LogP contribution in [0, 0.1) is 5.92 Å². The van der Waals surface area contributed by atoms with Crippen LogP contribution < -0.4 is 10.6 Å². The number of likely N-dealkylation sites (tertiary alicyclic amines) is 1. The Bertz CT molecular complexity index is 715. The highest BCUT2D eigenvalue weighted by molar-refractivity contribution is 7.13. The molecule has 2 heterocycles. The van der Waals surface area contributed by atoms with Gasteiger partial charge in [-0.05, 0) is 42.0 Å². The van der Waals surface area contributed by atoms with Crippen molar-refractivity contribution in [3.05, 3.63) is 41.8 Å². The summed E-state index contributed by atoms with van der Waals surface area (Å²) in [5, 5.41) is 7.66. The molecule has 1 aromatic carbocycles. The Labute approximate surface area is 145 Å². The van der Waals surface area contributed by atoms with Crippen molar-refractivity contribution in [2.75, 3.05) is 25.5 Å². The SMILES string of the molecule is CNC(=O)[C@@H]1CCCN(C(=O)Nc2cccc(-c3cccs3)c2)C1. The third-order valence-corrected chi connectivity index (χ3v) is 5.16. The predicted octanol–water partition coefficient (Wildman–Crippen LogP) is 3.41.